The van der Waals surface area contributed by atoms with Gasteiger partial charge in [-0.25, -0.2) is 4.98 Å². The molecule has 100 valence electrons. The molecule has 0 unspecified atom stereocenters. The zero-order valence-electron chi connectivity index (χ0n) is 10.3. The van der Waals surface area contributed by atoms with E-state index in [9.17, 15) is 4.79 Å². The Balaban J connectivity index is 2.10. The van der Waals surface area contributed by atoms with Crippen LogP contribution in [-0.2, 0) is 13.0 Å². The van der Waals surface area contributed by atoms with E-state index in [1.54, 1.807) is 11.7 Å². The molecule has 0 aliphatic carbocycles. The predicted molar refractivity (Wildman–Crippen MR) is 82.9 cm³/mol. The van der Waals surface area contributed by atoms with Gasteiger partial charge in [0.1, 0.15) is 14.5 Å². The second-order valence-corrected chi connectivity index (χ2v) is 5.38. The summed E-state index contributed by atoms with van der Waals surface area (Å²) in [6.45, 7) is 0.575. The Morgan fingerprint density at radius 2 is 2.05 bits per heavy atom. The minimum absolute atomic E-state index is 0.103. The van der Waals surface area contributed by atoms with Crippen molar-refractivity contribution in [2.45, 2.75) is 13.0 Å². The first-order valence-electron chi connectivity index (χ1n) is 5.65. The Morgan fingerprint density at radius 1 is 1.37 bits per heavy atom. The summed E-state index contributed by atoms with van der Waals surface area (Å²) in [6, 6.07) is 7.78. The molecule has 2 aromatic rings. The van der Waals surface area contributed by atoms with Gasteiger partial charge in [-0.2, -0.15) is 0 Å². The van der Waals surface area contributed by atoms with Crippen molar-refractivity contribution in [2.24, 2.45) is 0 Å². The second kappa shape index (κ2) is 6.38. The van der Waals surface area contributed by atoms with Crippen molar-refractivity contribution in [1.82, 2.24) is 9.55 Å². The third-order valence-electron chi connectivity index (χ3n) is 2.74. The lowest BCUT2D eigenvalue weighted by molar-refractivity contribution is 0.414. The van der Waals surface area contributed by atoms with E-state index in [-0.39, 0.29) is 10.7 Å². The smallest absolute Gasteiger partial charge is 0.268 e. The first-order valence-corrected chi connectivity index (χ1v) is 7.11. The van der Waals surface area contributed by atoms with Crippen LogP contribution < -0.4 is 10.3 Å². The molecule has 0 aliphatic rings. The van der Waals surface area contributed by atoms with Crippen molar-refractivity contribution in [2.75, 3.05) is 7.11 Å². The van der Waals surface area contributed by atoms with Gasteiger partial charge in [0.25, 0.3) is 5.56 Å². The fourth-order valence-corrected chi connectivity index (χ4v) is 2.22. The summed E-state index contributed by atoms with van der Waals surface area (Å²) in [6.07, 6.45) is 2.24. The first kappa shape index (κ1) is 14.3. The highest BCUT2D eigenvalue weighted by molar-refractivity contribution is 14.1. The fourth-order valence-electron chi connectivity index (χ4n) is 1.64. The van der Waals surface area contributed by atoms with Crippen LogP contribution >= 0.6 is 34.2 Å². The number of aryl methyl sites for hydroxylation is 2. The van der Waals surface area contributed by atoms with Gasteiger partial charge in [0.2, 0.25) is 0 Å². The van der Waals surface area contributed by atoms with Crippen molar-refractivity contribution >= 4 is 34.2 Å². The van der Waals surface area contributed by atoms with E-state index >= 15 is 0 Å². The van der Waals surface area contributed by atoms with Crippen LogP contribution in [0.1, 0.15) is 5.56 Å². The van der Waals surface area contributed by atoms with Gasteiger partial charge in [0.15, 0.2) is 0 Å². The summed E-state index contributed by atoms with van der Waals surface area (Å²) in [5.74, 6) is 0.823. The third kappa shape index (κ3) is 3.48. The van der Waals surface area contributed by atoms with E-state index < -0.39 is 0 Å². The molecule has 0 saturated carbocycles. The van der Waals surface area contributed by atoms with Crippen LogP contribution in [0.5, 0.6) is 5.75 Å². The Kier molecular flexibility index (Phi) is 4.81. The number of benzene rings is 1. The summed E-state index contributed by atoms with van der Waals surface area (Å²) < 4.78 is 7.12. The standard InChI is InChI=1S/C13H12ClIN2O2/c1-19-10-4-2-9(3-5-10)6-7-17-8-16-12(14)11(15)13(17)18/h2-5,8H,6-7H2,1H3. The summed E-state index contributed by atoms with van der Waals surface area (Å²) >= 11 is 7.70. The molecule has 1 aromatic carbocycles. The lowest BCUT2D eigenvalue weighted by Gasteiger charge is -2.07. The number of hydrogen-bond acceptors (Lipinski definition) is 3. The monoisotopic (exact) mass is 390 g/mol. The van der Waals surface area contributed by atoms with Crippen LogP contribution in [0.25, 0.3) is 0 Å². The SMILES string of the molecule is COc1ccc(CCn2cnc(Cl)c(I)c2=O)cc1. The van der Waals surface area contributed by atoms with E-state index in [0.29, 0.717) is 10.1 Å². The second-order valence-electron chi connectivity index (χ2n) is 3.95. The molecule has 19 heavy (non-hydrogen) atoms. The van der Waals surface area contributed by atoms with E-state index in [1.807, 2.05) is 46.9 Å². The van der Waals surface area contributed by atoms with Gasteiger partial charge < -0.3 is 4.74 Å². The maximum atomic E-state index is 11.9. The van der Waals surface area contributed by atoms with Gasteiger partial charge in [-0.05, 0) is 46.7 Å². The molecule has 0 aliphatic heterocycles. The van der Waals surface area contributed by atoms with Gasteiger partial charge in [0.05, 0.1) is 13.4 Å². The van der Waals surface area contributed by atoms with Crippen molar-refractivity contribution in [3.05, 3.63) is 55.2 Å². The molecule has 0 saturated heterocycles. The third-order valence-corrected chi connectivity index (χ3v) is 4.32. The Hall–Kier alpha value is -1.08. The van der Waals surface area contributed by atoms with Gasteiger partial charge in [-0.1, -0.05) is 23.7 Å². The molecule has 6 heteroatoms. The molecule has 0 spiro atoms. The van der Waals surface area contributed by atoms with Gasteiger partial charge in [-0.15, -0.1) is 0 Å². The average molecular weight is 391 g/mol. The summed E-state index contributed by atoms with van der Waals surface area (Å²) in [4.78, 5) is 15.9. The summed E-state index contributed by atoms with van der Waals surface area (Å²) in [5, 5.41) is 0.256. The van der Waals surface area contributed by atoms with Crippen LogP contribution in [0, 0.1) is 3.57 Å². The number of halogens is 2. The van der Waals surface area contributed by atoms with Crippen LogP contribution in [0.4, 0.5) is 0 Å². The van der Waals surface area contributed by atoms with E-state index in [0.717, 1.165) is 17.7 Å². The van der Waals surface area contributed by atoms with Crippen LogP contribution in [0.15, 0.2) is 35.4 Å². The quantitative estimate of drug-likeness (QED) is 0.596. The highest BCUT2D eigenvalue weighted by Gasteiger charge is 2.06. The van der Waals surface area contributed by atoms with Gasteiger partial charge in [-0.3, -0.25) is 9.36 Å². The molecule has 0 atom stereocenters. The van der Waals surface area contributed by atoms with Crippen molar-refractivity contribution in [1.29, 1.82) is 0 Å². The number of aromatic nitrogens is 2. The normalized spacial score (nSPS) is 10.5. The number of ether oxygens (including phenoxy) is 1. The predicted octanol–water partition coefficient (Wildman–Crippen LogP) is 2.75. The molecule has 0 amide bonds. The molecule has 0 bridgehead atoms. The average Bonchev–Trinajstić information content (AvgIpc) is 2.45. The number of nitrogens with zero attached hydrogens (tertiary/aromatic N) is 2. The molecule has 1 heterocycles. The fraction of sp³-hybridized carbons (Fsp3) is 0.231. The van der Waals surface area contributed by atoms with E-state index in [2.05, 4.69) is 4.98 Å². The number of hydrogen-bond donors (Lipinski definition) is 0. The molecule has 1 aromatic heterocycles. The minimum atomic E-state index is -0.103. The van der Waals surface area contributed by atoms with Crippen molar-refractivity contribution in [3.63, 3.8) is 0 Å². The topological polar surface area (TPSA) is 44.1 Å². The zero-order chi connectivity index (χ0) is 13.8. The van der Waals surface area contributed by atoms with Crippen LogP contribution in [0.2, 0.25) is 5.15 Å². The molecule has 0 radical (unpaired) electrons. The number of methoxy groups -OCH3 is 1. The van der Waals surface area contributed by atoms with Gasteiger partial charge >= 0.3 is 0 Å². The lowest BCUT2D eigenvalue weighted by atomic mass is 10.1. The molecule has 4 nitrogen and oxygen atoms in total. The Bertz CT molecular complexity index is 626. The number of rotatable bonds is 4. The highest BCUT2D eigenvalue weighted by Crippen LogP contribution is 2.13. The van der Waals surface area contributed by atoms with Crippen LogP contribution in [-0.4, -0.2) is 16.7 Å². The summed E-state index contributed by atoms with van der Waals surface area (Å²) in [7, 11) is 1.63. The van der Waals surface area contributed by atoms with Crippen LogP contribution in [0.3, 0.4) is 0 Å². The first-order chi connectivity index (χ1) is 9.11. The zero-order valence-corrected chi connectivity index (χ0v) is 13.2. The molecular formula is C13H12ClIN2O2. The van der Waals surface area contributed by atoms with E-state index in [1.165, 1.54) is 6.33 Å². The molecule has 2 rings (SSSR count). The van der Waals surface area contributed by atoms with Gasteiger partial charge in [0, 0.05) is 6.54 Å². The molecule has 0 fully saturated rings. The maximum absolute atomic E-state index is 11.9. The maximum Gasteiger partial charge on any atom is 0.268 e. The highest BCUT2D eigenvalue weighted by atomic mass is 127. The minimum Gasteiger partial charge on any atom is -0.497 e. The molecular weight excluding hydrogens is 379 g/mol. The largest absolute Gasteiger partial charge is 0.497 e. The van der Waals surface area contributed by atoms with Crippen molar-refractivity contribution < 1.29 is 4.74 Å². The van der Waals surface area contributed by atoms with Crippen molar-refractivity contribution in [3.8, 4) is 5.75 Å². The Labute approximate surface area is 129 Å². The van der Waals surface area contributed by atoms with E-state index in [4.69, 9.17) is 16.3 Å². The lowest BCUT2D eigenvalue weighted by Crippen LogP contribution is -2.24. The summed E-state index contributed by atoms with van der Waals surface area (Å²) in [5.41, 5.74) is 1.03. The molecule has 0 N–H and O–H groups in total. The Morgan fingerprint density at radius 3 is 2.68 bits per heavy atom.